The third kappa shape index (κ3) is 3.43. The van der Waals surface area contributed by atoms with Crippen molar-refractivity contribution in [2.24, 2.45) is 0 Å². The van der Waals surface area contributed by atoms with Gasteiger partial charge in [-0.15, -0.1) is 0 Å². The molecule has 0 aliphatic carbocycles. The summed E-state index contributed by atoms with van der Waals surface area (Å²) in [6, 6.07) is 10.1. The van der Waals surface area contributed by atoms with Gasteiger partial charge in [0.15, 0.2) is 5.78 Å². The van der Waals surface area contributed by atoms with E-state index in [1.165, 1.54) is 0 Å². The molecule has 1 fully saturated rings. The Hall–Kier alpha value is -1.19. The van der Waals surface area contributed by atoms with Crippen LogP contribution in [-0.4, -0.2) is 54.9 Å². The zero-order valence-corrected chi connectivity index (χ0v) is 12.2. The van der Waals surface area contributed by atoms with Gasteiger partial charge >= 0.3 is 0 Å². The molecule has 1 unspecified atom stereocenters. The van der Waals surface area contributed by atoms with Crippen molar-refractivity contribution >= 4 is 5.78 Å². The van der Waals surface area contributed by atoms with Crippen molar-refractivity contribution in [2.75, 3.05) is 27.2 Å². The largest absolute Gasteiger partial charge is 0.306 e. The number of carbonyl (C=O) groups excluding carboxylic acids is 1. The standard InChI is InChI=1S/C16H24N2O/c1-13(16(19)14-7-5-4-6-8-14)18(3)15-9-11-17(2)12-10-15/h4-8,13,15H,9-12H2,1-3H3. The lowest BCUT2D eigenvalue weighted by molar-refractivity contribution is 0.0731. The molecule has 1 saturated heterocycles. The van der Waals surface area contributed by atoms with Crippen LogP contribution in [0.4, 0.5) is 0 Å². The number of hydrogen-bond donors (Lipinski definition) is 0. The topological polar surface area (TPSA) is 23.6 Å². The molecule has 2 rings (SSSR count). The molecule has 1 aliphatic rings. The maximum absolute atomic E-state index is 12.4. The second-order valence-electron chi connectivity index (χ2n) is 5.61. The minimum atomic E-state index is -0.0455. The summed E-state index contributed by atoms with van der Waals surface area (Å²) in [5.41, 5.74) is 0.815. The molecule has 19 heavy (non-hydrogen) atoms. The minimum absolute atomic E-state index is 0.0455. The van der Waals surface area contributed by atoms with E-state index in [1.807, 2.05) is 37.3 Å². The van der Waals surface area contributed by atoms with Crippen molar-refractivity contribution in [3.8, 4) is 0 Å². The first-order valence-corrected chi connectivity index (χ1v) is 7.09. The second kappa shape index (κ2) is 6.31. The third-order valence-electron chi connectivity index (χ3n) is 4.31. The van der Waals surface area contributed by atoms with Gasteiger partial charge in [-0.1, -0.05) is 30.3 Å². The van der Waals surface area contributed by atoms with Crippen molar-refractivity contribution < 1.29 is 4.79 Å². The number of likely N-dealkylation sites (tertiary alicyclic amines) is 1. The van der Waals surface area contributed by atoms with Crippen molar-refractivity contribution in [1.29, 1.82) is 0 Å². The van der Waals surface area contributed by atoms with Gasteiger partial charge in [-0.3, -0.25) is 9.69 Å². The Bertz CT molecular complexity index is 410. The molecule has 0 spiro atoms. The van der Waals surface area contributed by atoms with E-state index in [0.29, 0.717) is 6.04 Å². The van der Waals surface area contributed by atoms with Gasteiger partial charge < -0.3 is 4.90 Å². The van der Waals surface area contributed by atoms with Crippen molar-refractivity contribution in [3.63, 3.8) is 0 Å². The van der Waals surface area contributed by atoms with Crippen LogP contribution in [0.3, 0.4) is 0 Å². The Kier molecular flexibility index (Phi) is 4.72. The summed E-state index contributed by atoms with van der Waals surface area (Å²) >= 11 is 0. The molecule has 0 aromatic heterocycles. The van der Waals surface area contributed by atoms with Crippen LogP contribution in [0.25, 0.3) is 0 Å². The minimum Gasteiger partial charge on any atom is -0.306 e. The fourth-order valence-corrected chi connectivity index (χ4v) is 2.75. The number of ketones is 1. The number of benzene rings is 1. The fraction of sp³-hybridized carbons (Fsp3) is 0.562. The Morgan fingerprint density at radius 1 is 1.26 bits per heavy atom. The zero-order valence-electron chi connectivity index (χ0n) is 12.2. The molecule has 0 saturated carbocycles. The summed E-state index contributed by atoms with van der Waals surface area (Å²) in [5, 5.41) is 0. The van der Waals surface area contributed by atoms with Crippen LogP contribution in [0.2, 0.25) is 0 Å². The van der Waals surface area contributed by atoms with Gasteiger partial charge in [-0.2, -0.15) is 0 Å². The number of Topliss-reactive ketones (excluding diaryl/α,β-unsaturated/α-hetero) is 1. The van der Waals surface area contributed by atoms with Gasteiger partial charge in [-0.25, -0.2) is 0 Å². The van der Waals surface area contributed by atoms with Crippen LogP contribution < -0.4 is 0 Å². The second-order valence-corrected chi connectivity index (χ2v) is 5.61. The van der Waals surface area contributed by atoms with E-state index >= 15 is 0 Å². The fourth-order valence-electron chi connectivity index (χ4n) is 2.75. The number of carbonyl (C=O) groups is 1. The van der Waals surface area contributed by atoms with Crippen LogP contribution in [0.15, 0.2) is 30.3 Å². The lowest BCUT2D eigenvalue weighted by Crippen LogP contribution is -2.47. The first-order valence-electron chi connectivity index (χ1n) is 7.09. The molecule has 0 N–H and O–H groups in total. The molecule has 1 aromatic rings. The molecule has 0 radical (unpaired) electrons. The van der Waals surface area contributed by atoms with E-state index < -0.39 is 0 Å². The normalized spacial score (nSPS) is 19.6. The molecule has 1 aromatic carbocycles. The van der Waals surface area contributed by atoms with Gasteiger partial charge in [-0.05, 0) is 47.0 Å². The molecular formula is C16H24N2O. The van der Waals surface area contributed by atoms with E-state index in [4.69, 9.17) is 0 Å². The van der Waals surface area contributed by atoms with Gasteiger partial charge in [0.05, 0.1) is 6.04 Å². The lowest BCUT2D eigenvalue weighted by atomic mass is 9.99. The van der Waals surface area contributed by atoms with E-state index in [-0.39, 0.29) is 11.8 Å². The third-order valence-corrected chi connectivity index (χ3v) is 4.31. The predicted molar refractivity (Wildman–Crippen MR) is 78.5 cm³/mol. The first-order chi connectivity index (χ1) is 9.09. The van der Waals surface area contributed by atoms with Gasteiger partial charge in [0.25, 0.3) is 0 Å². The van der Waals surface area contributed by atoms with Crippen LogP contribution in [0.1, 0.15) is 30.1 Å². The van der Waals surface area contributed by atoms with Crippen LogP contribution in [0, 0.1) is 0 Å². The average Bonchev–Trinajstić information content (AvgIpc) is 2.46. The quantitative estimate of drug-likeness (QED) is 0.776. The highest BCUT2D eigenvalue weighted by Crippen LogP contribution is 2.18. The molecule has 1 aliphatic heterocycles. The van der Waals surface area contributed by atoms with Gasteiger partial charge in [0.2, 0.25) is 0 Å². The molecule has 3 nitrogen and oxygen atoms in total. The molecule has 104 valence electrons. The molecule has 0 amide bonds. The number of likely N-dealkylation sites (N-methyl/N-ethyl adjacent to an activating group) is 1. The maximum Gasteiger partial charge on any atom is 0.179 e. The Labute approximate surface area is 116 Å². The molecule has 1 heterocycles. The number of hydrogen-bond acceptors (Lipinski definition) is 3. The summed E-state index contributed by atoms with van der Waals surface area (Å²) in [4.78, 5) is 17.0. The number of piperidine rings is 1. The Balaban J connectivity index is 1.99. The summed E-state index contributed by atoms with van der Waals surface area (Å²) in [6.45, 7) is 4.27. The molecule has 0 bridgehead atoms. The molecule has 1 atom stereocenters. The lowest BCUT2D eigenvalue weighted by Gasteiger charge is -2.37. The van der Waals surface area contributed by atoms with Crippen LogP contribution in [0.5, 0.6) is 0 Å². The van der Waals surface area contributed by atoms with E-state index in [0.717, 1.165) is 31.5 Å². The van der Waals surface area contributed by atoms with E-state index in [9.17, 15) is 4.79 Å². The number of nitrogens with zero attached hydrogens (tertiary/aromatic N) is 2. The summed E-state index contributed by atoms with van der Waals surface area (Å²) in [7, 11) is 4.25. The summed E-state index contributed by atoms with van der Waals surface area (Å²) in [6.07, 6.45) is 2.30. The van der Waals surface area contributed by atoms with E-state index in [2.05, 4.69) is 23.9 Å². The Morgan fingerprint density at radius 3 is 2.42 bits per heavy atom. The highest BCUT2D eigenvalue weighted by molar-refractivity contribution is 5.99. The smallest absolute Gasteiger partial charge is 0.179 e. The molecular weight excluding hydrogens is 236 g/mol. The Morgan fingerprint density at radius 2 is 1.84 bits per heavy atom. The van der Waals surface area contributed by atoms with Gasteiger partial charge in [0, 0.05) is 11.6 Å². The zero-order chi connectivity index (χ0) is 13.8. The summed E-state index contributed by atoms with van der Waals surface area (Å²) in [5.74, 6) is 0.224. The SMILES string of the molecule is CC(C(=O)c1ccccc1)N(C)C1CCN(C)CC1. The summed E-state index contributed by atoms with van der Waals surface area (Å²) < 4.78 is 0. The maximum atomic E-state index is 12.4. The monoisotopic (exact) mass is 260 g/mol. The van der Waals surface area contributed by atoms with Gasteiger partial charge in [0.1, 0.15) is 0 Å². The predicted octanol–water partition coefficient (Wildman–Crippen LogP) is 2.28. The van der Waals surface area contributed by atoms with Crippen LogP contribution >= 0.6 is 0 Å². The highest BCUT2D eigenvalue weighted by atomic mass is 16.1. The average molecular weight is 260 g/mol. The van der Waals surface area contributed by atoms with Crippen molar-refractivity contribution in [1.82, 2.24) is 9.80 Å². The van der Waals surface area contributed by atoms with E-state index in [1.54, 1.807) is 0 Å². The number of rotatable bonds is 4. The van der Waals surface area contributed by atoms with Crippen molar-refractivity contribution in [2.45, 2.75) is 31.8 Å². The highest BCUT2D eigenvalue weighted by Gasteiger charge is 2.27. The first kappa shape index (κ1) is 14.2. The molecule has 3 heteroatoms. The van der Waals surface area contributed by atoms with Crippen LogP contribution in [-0.2, 0) is 0 Å². The van der Waals surface area contributed by atoms with Crippen molar-refractivity contribution in [3.05, 3.63) is 35.9 Å².